The normalized spacial score (nSPS) is 10.1. The van der Waals surface area contributed by atoms with E-state index in [4.69, 9.17) is 5.73 Å². The standard InChI is InChI=1S/C11H9Br2N3/c12-7-3-4-8(13)10(6-7)16-11-9(14)2-1-5-15-11/h1-6H,14H2,(H,15,16). The lowest BCUT2D eigenvalue weighted by molar-refractivity contribution is 1.31. The first-order valence-corrected chi connectivity index (χ1v) is 6.18. The number of pyridine rings is 1. The maximum atomic E-state index is 5.80. The van der Waals surface area contributed by atoms with E-state index in [0.29, 0.717) is 11.5 Å². The Hall–Kier alpha value is -1.07. The Labute approximate surface area is 110 Å². The summed E-state index contributed by atoms with van der Waals surface area (Å²) in [7, 11) is 0. The van der Waals surface area contributed by atoms with Crippen LogP contribution in [0.4, 0.5) is 17.2 Å². The second-order valence-electron chi connectivity index (χ2n) is 3.19. The highest BCUT2D eigenvalue weighted by Gasteiger charge is 2.04. The highest BCUT2D eigenvalue weighted by Crippen LogP contribution is 2.29. The summed E-state index contributed by atoms with van der Waals surface area (Å²) in [6.45, 7) is 0. The summed E-state index contributed by atoms with van der Waals surface area (Å²) in [6.07, 6.45) is 1.70. The van der Waals surface area contributed by atoms with E-state index in [1.807, 2.05) is 18.2 Å². The van der Waals surface area contributed by atoms with Crippen LogP contribution in [0, 0.1) is 0 Å². The van der Waals surface area contributed by atoms with E-state index < -0.39 is 0 Å². The summed E-state index contributed by atoms with van der Waals surface area (Å²) >= 11 is 6.88. The number of halogens is 2. The summed E-state index contributed by atoms with van der Waals surface area (Å²) in [5, 5.41) is 3.17. The first kappa shape index (κ1) is 11.4. The van der Waals surface area contributed by atoms with Crippen molar-refractivity contribution in [1.82, 2.24) is 4.98 Å². The van der Waals surface area contributed by atoms with Crippen molar-refractivity contribution in [3.05, 3.63) is 45.5 Å². The average molecular weight is 343 g/mol. The molecule has 2 rings (SSSR count). The molecule has 1 aromatic heterocycles. The molecule has 0 spiro atoms. The molecule has 3 N–H and O–H groups in total. The molecule has 0 saturated carbocycles. The molecule has 0 fully saturated rings. The quantitative estimate of drug-likeness (QED) is 0.869. The van der Waals surface area contributed by atoms with E-state index in [-0.39, 0.29) is 0 Å². The van der Waals surface area contributed by atoms with Crippen LogP contribution in [-0.2, 0) is 0 Å². The number of hydrogen-bond donors (Lipinski definition) is 2. The van der Waals surface area contributed by atoms with Gasteiger partial charge in [0.25, 0.3) is 0 Å². The molecule has 0 aliphatic heterocycles. The highest BCUT2D eigenvalue weighted by atomic mass is 79.9. The Morgan fingerprint density at radius 3 is 2.75 bits per heavy atom. The van der Waals surface area contributed by atoms with Gasteiger partial charge in [-0.15, -0.1) is 0 Å². The molecule has 3 nitrogen and oxygen atoms in total. The number of nitrogen functional groups attached to an aromatic ring is 1. The maximum absolute atomic E-state index is 5.80. The van der Waals surface area contributed by atoms with Crippen molar-refractivity contribution >= 4 is 49.1 Å². The molecule has 2 aromatic rings. The number of rotatable bonds is 2. The van der Waals surface area contributed by atoms with Crippen LogP contribution in [0.1, 0.15) is 0 Å². The molecule has 0 aliphatic carbocycles. The number of benzene rings is 1. The van der Waals surface area contributed by atoms with E-state index in [1.54, 1.807) is 18.3 Å². The van der Waals surface area contributed by atoms with Gasteiger partial charge in [-0.3, -0.25) is 0 Å². The first-order chi connectivity index (χ1) is 7.66. The van der Waals surface area contributed by atoms with E-state index in [2.05, 4.69) is 42.2 Å². The van der Waals surface area contributed by atoms with Gasteiger partial charge in [0.05, 0.1) is 11.4 Å². The van der Waals surface area contributed by atoms with Crippen LogP contribution in [0.2, 0.25) is 0 Å². The second-order valence-corrected chi connectivity index (χ2v) is 4.96. The van der Waals surface area contributed by atoms with Gasteiger partial charge in [-0.2, -0.15) is 0 Å². The van der Waals surface area contributed by atoms with Crippen molar-refractivity contribution in [3.8, 4) is 0 Å². The minimum absolute atomic E-state index is 0.620. The summed E-state index contributed by atoms with van der Waals surface area (Å²) in [6, 6.07) is 9.47. The molecule has 0 amide bonds. The SMILES string of the molecule is Nc1cccnc1Nc1cc(Br)ccc1Br. The van der Waals surface area contributed by atoms with Gasteiger partial charge in [0, 0.05) is 15.1 Å². The number of nitrogens with two attached hydrogens (primary N) is 1. The van der Waals surface area contributed by atoms with Crippen LogP contribution in [0.5, 0.6) is 0 Å². The zero-order valence-electron chi connectivity index (χ0n) is 8.24. The molecule has 0 bridgehead atoms. The van der Waals surface area contributed by atoms with Crippen molar-refractivity contribution in [2.75, 3.05) is 11.1 Å². The number of nitrogens with one attached hydrogen (secondary N) is 1. The van der Waals surface area contributed by atoms with Crippen LogP contribution >= 0.6 is 31.9 Å². The van der Waals surface area contributed by atoms with Gasteiger partial charge >= 0.3 is 0 Å². The predicted molar refractivity (Wildman–Crippen MR) is 73.8 cm³/mol. The monoisotopic (exact) mass is 341 g/mol. The van der Waals surface area contributed by atoms with Crippen LogP contribution in [0.15, 0.2) is 45.5 Å². The minimum atomic E-state index is 0.620. The largest absolute Gasteiger partial charge is 0.396 e. The molecule has 0 radical (unpaired) electrons. The Morgan fingerprint density at radius 2 is 2.00 bits per heavy atom. The summed E-state index contributed by atoms with van der Waals surface area (Å²) in [5.74, 6) is 0.654. The number of nitrogens with zero attached hydrogens (tertiary/aromatic N) is 1. The van der Waals surface area contributed by atoms with Gasteiger partial charge < -0.3 is 11.1 Å². The molecule has 1 heterocycles. The van der Waals surface area contributed by atoms with Gasteiger partial charge in [-0.25, -0.2) is 4.98 Å². The molecule has 5 heteroatoms. The summed E-state index contributed by atoms with van der Waals surface area (Å²) < 4.78 is 1.95. The molecule has 0 aliphatic rings. The Bertz CT molecular complexity index is 514. The van der Waals surface area contributed by atoms with Crippen LogP contribution in [0.3, 0.4) is 0 Å². The molecule has 82 valence electrons. The van der Waals surface area contributed by atoms with Crippen molar-refractivity contribution in [3.63, 3.8) is 0 Å². The molecular formula is C11H9Br2N3. The third-order valence-corrected chi connectivity index (χ3v) is 3.21. The van der Waals surface area contributed by atoms with Crippen LogP contribution in [-0.4, -0.2) is 4.98 Å². The zero-order chi connectivity index (χ0) is 11.5. The maximum Gasteiger partial charge on any atom is 0.153 e. The summed E-state index contributed by atoms with van der Waals surface area (Å²) in [4.78, 5) is 4.17. The molecular weight excluding hydrogens is 334 g/mol. The fourth-order valence-electron chi connectivity index (χ4n) is 1.24. The van der Waals surface area contributed by atoms with Gasteiger partial charge in [0.2, 0.25) is 0 Å². The van der Waals surface area contributed by atoms with Gasteiger partial charge in [0.1, 0.15) is 0 Å². The van der Waals surface area contributed by atoms with Gasteiger partial charge in [0.15, 0.2) is 5.82 Å². The van der Waals surface area contributed by atoms with Crippen molar-refractivity contribution in [2.45, 2.75) is 0 Å². The van der Waals surface area contributed by atoms with Gasteiger partial charge in [-0.1, -0.05) is 15.9 Å². The third-order valence-electron chi connectivity index (χ3n) is 2.02. The topological polar surface area (TPSA) is 50.9 Å². The van der Waals surface area contributed by atoms with Gasteiger partial charge in [-0.05, 0) is 46.3 Å². The lowest BCUT2D eigenvalue weighted by atomic mass is 10.3. The Balaban J connectivity index is 2.34. The highest BCUT2D eigenvalue weighted by molar-refractivity contribution is 9.11. The van der Waals surface area contributed by atoms with Crippen molar-refractivity contribution in [1.29, 1.82) is 0 Å². The predicted octanol–water partition coefficient (Wildman–Crippen LogP) is 3.93. The van der Waals surface area contributed by atoms with E-state index in [1.165, 1.54) is 0 Å². The first-order valence-electron chi connectivity index (χ1n) is 4.59. The number of anilines is 3. The summed E-state index contributed by atoms with van der Waals surface area (Å²) in [5.41, 5.74) is 7.34. The smallest absolute Gasteiger partial charge is 0.153 e. The Morgan fingerprint density at radius 1 is 1.19 bits per heavy atom. The Kier molecular flexibility index (Phi) is 3.46. The molecule has 0 atom stereocenters. The minimum Gasteiger partial charge on any atom is -0.396 e. The molecule has 1 aromatic carbocycles. The fraction of sp³-hybridized carbons (Fsp3) is 0. The third kappa shape index (κ3) is 2.54. The van der Waals surface area contributed by atoms with Crippen LogP contribution < -0.4 is 11.1 Å². The van der Waals surface area contributed by atoms with E-state index in [9.17, 15) is 0 Å². The van der Waals surface area contributed by atoms with E-state index in [0.717, 1.165) is 14.6 Å². The average Bonchev–Trinajstić information content (AvgIpc) is 2.27. The molecule has 0 saturated heterocycles. The lowest BCUT2D eigenvalue weighted by Crippen LogP contribution is -1.98. The number of hydrogen-bond acceptors (Lipinski definition) is 3. The van der Waals surface area contributed by atoms with E-state index >= 15 is 0 Å². The van der Waals surface area contributed by atoms with Crippen molar-refractivity contribution < 1.29 is 0 Å². The molecule has 0 unspecified atom stereocenters. The number of aromatic nitrogens is 1. The zero-order valence-corrected chi connectivity index (χ0v) is 11.4. The van der Waals surface area contributed by atoms with Crippen molar-refractivity contribution in [2.24, 2.45) is 0 Å². The van der Waals surface area contributed by atoms with Crippen LogP contribution in [0.25, 0.3) is 0 Å². The molecule has 16 heavy (non-hydrogen) atoms. The fourth-order valence-corrected chi connectivity index (χ4v) is 1.95. The second kappa shape index (κ2) is 4.84. The lowest BCUT2D eigenvalue weighted by Gasteiger charge is -2.09.